The number of hydrogen-bond acceptors (Lipinski definition) is 4. The zero-order valence-corrected chi connectivity index (χ0v) is 15.4. The minimum absolute atomic E-state index is 0.00819. The normalized spacial score (nSPS) is 32.2. The molecule has 3 fully saturated rings. The van der Waals surface area contributed by atoms with Gasteiger partial charge in [0, 0.05) is 31.5 Å². The highest BCUT2D eigenvalue weighted by Gasteiger charge is 2.56. The number of amides is 1. The maximum Gasteiger partial charge on any atom is 0.239 e. The topological polar surface area (TPSA) is 53.0 Å². The Hall–Kier alpha value is -0.650. The number of nitrogens with zero attached hydrogens (tertiary/aromatic N) is 2. The van der Waals surface area contributed by atoms with Crippen molar-refractivity contribution in [2.75, 3.05) is 32.8 Å². The summed E-state index contributed by atoms with van der Waals surface area (Å²) in [5.41, 5.74) is -0.0986. The lowest BCUT2D eigenvalue weighted by molar-refractivity contribution is -0.210. The lowest BCUT2D eigenvalue weighted by atomic mass is 9.58. The van der Waals surface area contributed by atoms with Gasteiger partial charge in [-0.3, -0.25) is 9.69 Å². The van der Waals surface area contributed by atoms with E-state index >= 15 is 0 Å². The fraction of sp³-hybridized carbons (Fsp3) is 0.947. The SMILES string of the molecule is CCOC1CC(O)C12CCN(C(=O)C(C)N1CCCCCC1)CC2. The molecule has 0 aromatic rings. The smallest absolute Gasteiger partial charge is 0.239 e. The van der Waals surface area contributed by atoms with Gasteiger partial charge >= 0.3 is 0 Å². The summed E-state index contributed by atoms with van der Waals surface area (Å²) in [4.78, 5) is 17.3. The molecule has 0 radical (unpaired) electrons. The molecule has 0 aromatic carbocycles. The summed E-state index contributed by atoms with van der Waals surface area (Å²) in [7, 11) is 0. The number of hydrogen-bond donors (Lipinski definition) is 1. The highest BCUT2D eigenvalue weighted by molar-refractivity contribution is 5.81. The Morgan fingerprint density at radius 1 is 1.17 bits per heavy atom. The second-order valence-corrected chi connectivity index (χ2v) is 7.88. The number of carbonyl (C=O) groups is 1. The van der Waals surface area contributed by atoms with Crippen LogP contribution in [0.5, 0.6) is 0 Å². The average molecular weight is 338 g/mol. The first-order valence-electron chi connectivity index (χ1n) is 9.91. The van der Waals surface area contributed by atoms with Crippen LogP contribution in [0.3, 0.4) is 0 Å². The lowest BCUT2D eigenvalue weighted by Gasteiger charge is -2.56. The Labute approximate surface area is 146 Å². The van der Waals surface area contributed by atoms with Gasteiger partial charge < -0.3 is 14.7 Å². The van der Waals surface area contributed by atoms with Crippen molar-refractivity contribution in [2.45, 2.75) is 77.0 Å². The molecule has 5 nitrogen and oxygen atoms in total. The summed E-state index contributed by atoms with van der Waals surface area (Å²) >= 11 is 0. The zero-order valence-electron chi connectivity index (χ0n) is 15.4. The first-order chi connectivity index (χ1) is 11.6. The predicted molar refractivity (Wildman–Crippen MR) is 93.8 cm³/mol. The van der Waals surface area contributed by atoms with Crippen LogP contribution < -0.4 is 0 Å². The van der Waals surface area contributed by atoms with E-state index in [1.807, 2.05) is 11.8 Å². The van der Waals surface area contributed by atoms with Crippen LogP contribution in [0.25, 0.3) is 0 Å². The highest BCUT2D eigenvalue weighted by Crippen LogP contribution is 2.51. The highest BCUT2D eigenvalue weighted by atomic mass is 16.5. The Morgan fingerprint density at radius 2 is 1.79 bits per heavy atom. The van der Waals surface area contributed by atoms with E-state index in [0.717, 1.165) is 45.4 Å². The average Bonchev–Trinajstić information content (AvgIpc) is 2.90. The third-order valence-corrected chi connectivity index (χ3v) is 6.66. The van der Waals surface area contributed by atoms with Gasteiger partial charge in [0.05, 0.1) is 18.2 Å². The van der Waals surface area contributed by atoms with Crippen LogP contribution in [0.2, 0.25) is 0 Å². The first kappa shape index (κ1) is 18.2. The summed E-state index contributed by atoms with van der Waals surface area (Å²) in [5, 5.41) is 10.3. The van der Waals surface area contributed by atoms with Crippen molar-refractivity contribution in [3.8, 4) is 0 Å². The molecule has 1 spiro atoms. The van der Waals surface area contributed by atoms with Gasteiger partial charge in [0.15, 0.2) is 0 Å². The van der Waals surface area contributed by atoms with Gasteiger partial charge in [0.25, 0.3) is 0 Å². The largest absolute Gasteiger partial charge is 0.392 e. The van der Waals surface area contributed by atoms with Gasteiger partial charge in [-0.25, -0.2) is 0 Å². The van der Waals surface area contributed by atoms with E-state index in [1.54, 1.807) is 0 Å². The fourth-order valence-electron chi connectivity index (χ4n) is 4.86. The Kier molecular flexibility index (Phi) is 5.83. The molecule has 3 atom stereocenters. The van der Waals surface area contributed by atoms with Gasteiger partial charge in [0.2, 0.25) is 5.91 Å². The molecule has 24 heavy (non-hydrogen) atoms. The summed E-state index contributed by atoms with van der Waals surface area (Å²) in [6.45, 7) is 8.41. The second kappa shape index (κ2) is 7.71. The van der Waals surface area contributed by atoms with Crippen LogP contribution >= 0.6 is 0 Å². The van der Waals surface area contributed by atoms with Crippen molar-refractivity contribution in [3.05, 3.63) is 0 Å². The minimum atomic E-state index is -0.255. The van der Waals surface area contributed by atoms with E-state index in [4.69, 9.17) is 4.74 Å². The monoisotopic (exact) mass is 338 g/mol. The molecule has 5 heteroatoms. The molecule has 3 rings (SSSR count). The van der Waals surface area contributed by atoms with E-state index in [-0.39, 0.29) is 29.6 Å². The van der Waals surface area contributed by atoms with Crippen LogP contribution in [-0.2, 0) is 9.53 Å². The quantitative estimate of drug-likeness (QED) is 0.852. The van der Waals surface area contributed by atoms with Crippen LogP contribution in [0.4, 0.5) is 0 Å². The zero-order chi connectivity index (χ0) is 17.2. The van der Waals surface area contributed by atoms with Crippen LogP contribution in [0.15, 0.2) is 0 Å². The molecule has 2 saturated heterocycles. The number of ether oxygens (including phenoxy) is 1. The van der Waals surface area contributed by atoms with Gasteiger partial charge in [0.1, 0.15) is 0 Å². The number of piperidine rings is 1. The van der Waals surface area contributed by atoms with E-state index in [2.05, 4.69) is 11.8 Å². The Balaban J connectivity index is 1.55. The third-order valence-electron chi connectivity index (χ3n) is 6.66. The van der Waals surface area contributed by atoms with E-state index in [9.17, 15) is 9.90 Å². The molecular formula is C19H34N2O3. The number of rotatable bonds is 4. The van der Waals surface area contributed by atoms with Crippen LogP contribution in [-0.4, -0.2) is 71.8 Å². The van der Waals surface area contributed by atoms with Crippen molar-refractivity contribution in [2.24, 2.45) is 5.41 Å². The molecule has 138 valence electrons. The number of carbonyl (C=O) groups excluding carboxylic acids is 1. The molecule has 0 aromatic heterocycles. The standard InChI is InChI=1S/C19H34N2O3/c1-3-24-17-14-16(22)19(17)8-12-21(13-9-19)18(23)15(2)20-10-6-4-5-7-11-20/h15-17,22H,3-14H2,1-2H3. The Bertz CT molecular complexity index is 424. The summed E-state index contributed by atoms with van der Waals surface area (Å²) in [6, 6.07) is -0.00819. The van der Waals surface area contributed by atoms with E-state index in [0.29, 0.717) is 6.61 Å². The molecule has 2 heterocycles. The van der Waals surface area contributed by atoms with Gasteiger partial charge in [-0.2, -0.15) is 0 Å². The first-order valence-corrected chi connectivity index (χ1v) is 9.91. The summed E-state index contributed by atoms with van der Waals surface area (Å²) in [5.74, 6) is 0.272. The molecule has 1 saturated carbocycles. The van der Waals surface area contributed by atoms with Gasteiger partial charge in [-0.15, -0.1) is 0 Å². The molecule has 1 amide bonds. The Morgan fingerprint density at radius 3 is 2.33 bits per heavy atom. The van der Waals surface area contributed by atoms with Crippen molar-refractivity contribution < 1.29 is 14.6 Å². The van der Waals surface area contributed by atoms with Gasteiger partial charge in [-0.05, 0) is 52.6 Å². The number of aliphatic hydroxyl groups excluding tert-OH is 1. The number of likely N-dealkylation sites (tertiary alicyclic amines) is 2. The van der Waals surface area contributed by atoms with Gasteiger partial charge in [-0.1, -0.05) is 12.8 Å². The number of aliphatic hydroxyl groups is 1. The maximum absolute atomic E-state index is 12.9. The minimum Gasteiger partial charge on any atom is -0.392 e. The van der Waals surface area contributed by atoms with Crippen molar-refractivity contribution in [3.63, 3.8) is 0 Å². The fourth-order valence-corrected chi connectivity index (χ4v) is 4.86. The maximum atomic E-state index is 12.9. The predicted octanol–water partition coefficient (Wildman–Crippen LogP) is 2.03. The molecule has 3 aliphatic rings. The van der Waals surface area contributed by atoms with Crippen LogP contribution in [0.1, 0.15) is 58.8 Å². The molecule has 1 N–H and O–H groups in total. The van der Waals surface area contributed by atoms with Crippen molar-refractivity contribution >= 4 is 5.91 Å². The molecule has 1 aliphatic carbocycles. The second-order valence-electron chi connectivity index (χ2n) is 7.88. The third kappa shape index (κ3) is 3.35. The molecule has 2 aliphatic heterocycles. The van der Waals surface area contributed by atoms with Crippen molar-refractivity contribution in [1.82, 2.24) is 9.80 Å². The molecular weight excluding hydrogens is 304 g/mol. The van der Waals surface area contributed by atoms with Crippen molar-refractivity contribution in [1.29, 1.82) is 0 Å². The van der Waals surface area contributed by atoms with E-state index in [1.165, 1.54) is 25.7 Å². The summed E-state index contributed by atoms with van der Waals surface area (Å²) < 4.78 is 5.82. The molecule has 3 unspecified atom stereocenters. The lowest BCUT2D eigenvalue weighted by Crippen LogP contribution is -2.63. The summed E-state index contributed by atoms with van der Waals surface area (Å²) in [6.07, 6.45) is 7.43. The molecule has 0 bridgehead atoms. The van der Waals surface area contributed by atoms with Crippen LogP contribution in [0, 0.1) is 5.41 Å². The van der Waals surface area contributed by atoms with E-state index < -0.39 is 0 Å².